The largest absolute Gasteiger partial charge is 0.329 e. The maximum atomic E-state index is 13.4. The van der Waals surface area contributed by atoms with Gasteiger partial charge in [-0.2, -0.15) is 10.2 Å². The molecule has 0 saturated carbocycles. The van der Waals surface area contributed by atoms with Gasteiger partial charge in [-0.1, -0.05) is 31.2 Å². The van der Waals surface area contributed by atoms with Crippen LogP contribution < -0.4 is 10.9 Å². The second-order valence-electron chi connectivity index (χ2n) is 7.15. The fourth-order valence-electron chi connectivity index (χ4n) is 3.68. The molecule has 1 amide bonds. The van der Waals surface area contributed by atoms with E-state index in [1.54, 1.807) is 16.9 Å². The van der Waals surface area contributed by atoms with E-state index in [4.69, 9.17) is 0 Å². The highest BCUT2D eigenvalue weighted by Crippen LogP contribution is 2.26. The molecule has 0 spiro atoms. The van der Waals surface area contributed by atoms with Crippen molar-refractivity contribution in [2.75, 3.05) is 19.6 Å². The van der Waals surface area contributed by atoms with Crippen molar-refractivity contribution >= 4 is 18.3 Å². The first-order chi connectivity index (χ1) is 14.1. The van der Waals surface area contributed by atoms with E-state index in [0.717, 1.165) is 18.5 Å². The molecule has 1 aromatic carbocycles. The molecular weight excluding hydrogens is 404 g/mol. The highest BCUT2D eigenvalue weighted by molar-refractivity contribution is 5.95. The summed E-state index contributed by atoms with van der Waals surface area (Å²) in [5, 5.41) is 14.1. The van der Waals surface area contributed by atoms with E-state index < -0.39 is 0 Å². The van der Waals surface area contributed by atoms with Crippen molar-refractivity contribution in [2.24, 2.45) is 0 Å². The molecule has 158 valence electrons. The molecule has 2 aromatic heterocycles. The smallest absolute Gasteiger partial charge is 0.264 e. The Labute approximate surface area is 180 Å². The number of benzene rings is 1. The Hall–Kier alpha value is -2.97. The first-order valence-corrected chi connectivity index (χ1v) is 9.79. The third kappa shape index (κ3) is 4.15. The van der Waals surface area contributed by atoms with Crippen LogP contribution in [0.3, 0.4) is 0 Å². The summed E-state index contributed by atoms with van der Waals surface area (Å²) in [5.41, 5.74) is 3.34. The average molecular weight is 429 g/mol. The van der Waals surface area contributed by atoms with E-state index in [1.807, 2.05) is 11.8 Å². The molecular formula is C21H25ClN6O2. The molecule has 8 nitrogen and oxygen atoms in total. The summed E-state index contributed by atoms with van der Waals surface area (Å²) in [4.78, 5) is 26.6. The number of amides is 1. The van der Waals surface area contributed by atoms with Gasteiger partial charge in [0.25, 0.3) is 11.5 Å². The lowest BCUT2D eigenvalue weighted by Crippen LogP contribution is -2.48. The molecule has 2 N–H and O–H groups in total. The van der Waals surface area contributed by atoms with Crippen LogP contribution in [-0.2, 0) is 6.42 Å². The number of rotatable bonds is 4. The van der Waals surface area contributed by atoms with E-state index in [1.165, 1.54) is 11.6 Å². The number of halogens is 1. The minimum absolute atomic E-state index is 0. The first-order valence-electron chi connectivity index (χ1n) is 9.79. The van der Waals surface area contributed by atoms with Gasteiger partial charge >= 0.3 is 0 Å². The Morgan fingerprint density at radius 1 is 1.20 bits per heavy atom. The van der Waals surface area contributed by atoms with Crippen molar-refractivity contribution in [3.8, 4) is 5.82 Å². The fourth-order valence-corrected chi connectivity index (χ4v) is 3.68. The van der Waals surface area contributed by atoms with Crippen LogP contribution in [0.4, 0.5) is 0 Å². The Kier molecular flexibility index (Phi) is 6.69. The van der Waals surface area contributed by atoms with Crippen LogP contribution in [0.15, 0.2) is 47.4 Å². The zero-order chi connectivity index (χ0) is 20.4. The van der Waals surface area contributed by atoms with Crippen LogP contribution in [0.25, 0.3) is 5.82 Å². The zero-order valence-electron chi connectivity index (χ0n) is 17.0. The van der Waals surface area contributed by atoms with E-state index in [-0.39, 0.29) is 29.9 Å². The molecule has 0 aliphatic carbocycles. The van der Waals surface area contributed by atoms with Gasteiger partial charge in [-0.05, 0) is 30.5 Å². The molecule has 3 heterocycles. The lowest BCUT2D eigenvalue weighted by atomic mass is 10.00. The average Bonchev–Trinajstić information content (AvgIpc) is 3.15. The van der Waals surface area contributed by atoms with Crippen LogP contribution >= 0.6 is 12.4 Å². The lowest BCUT2D eigenvalue weighted by Gasteiger charge is -2.36. The quantitative estimate of drug-likeness (QED) is 0.663. The molecule has 0 bridgehead atoms. The number of carbonyl (C=O) groups excluding carboxylic acids is 1. The topological polar surface area (TPSA) is 95.9 Å². The molecule has 1 unspecified atom stereocenters. The maximum Gasteiger partial charge on any atom is 0.264 e. The first kappa shape index (κ1) is 21.7. The summed E-state index contributed by atoms with van der Waals surface area (Å²) in [6, 6.07) is 11.4. The number of hydrogen-bond acceptors (Lipinski definition) is 5. The van der Waals surface area contributed by atoms with Gasteiger partial charge in [0.2, 0.25) is 0 Å². The van der Waals surface area contributed by atoms with Crippen LogP contribution in [-0.4, -0.2) is 50.4 Å². The number of aromatic amines is 1. The Morgan fingerprint density at radius 3 is 2.63 bits per heavy atom. The van der Waals surface area contributed by atoms with Gasteiger partial charge < -0.3 is 10.2 Å². The summed E-state index contributed by atoms with van der Waals surface area (Å²) in [6.07, 6.45) is 2.56. The minimum Gasteiger partial charge on any atom is -0.329 e. The number of nitrogens with zero attached hydrogens (tertiary/aromatic N) is 4. The summed E-state index contributed by atoms with van der Waals surface area (Å²) >= 11 is 0. The summed E-state index contributed by atoms with van der Waals surface area (Å²) < 4.78 is 1.57. The number of aromatic nitrogens is 4. The van der Waals surface area contributed by atoms with Crippen molar-refractivity contribution in [2.45, 2.75) is 26.3 Å². The lowest BCUT2D eigenvalue weighted by molar-refractivity contribution is 0.0633. The fraction of sp³-hybridized carbons (Fsp3) is 0.333. The van der Waals surface area contributed by atoms with Gasteiger partial charge in [-0.15, -0.1) is 12.4 Å². The van der Waals surface area contributed by atoms with Gasteiger partial charge in [0.05, 0.1) is 23.5 Å². The Morgan fingerprint density at radius 2 is 1.97 bits per heavy atom. The summed E-state index contributed by atoms with van der Waals surface area (Å²) in [6.45, 7) is 6.06. The highest BCUT2D eigenvalue weighted by Gasteiger charge is 2.30. The predicted molar refractivity (Wildman–Crippen MR) is 116 cm³/mol. The molecule has 3 aromatic rings. The molecule has 30 heavy (non-hydrogen) atoms. The van der Waals surface area contributed by atoms with Crippen molar-refractivity contribution in [1.82, 2.24) is 30.2 Å². The van der Waals surface area contributed by atoms with Gasteiger partial charge in [-0.25, -0.2) is 9.78 Å². The predicted octanol–water partition coefficient (Wildman–Crippen LogP) is 2.03. The van der Waals surface area contributed by atoms with Crippen LogP contribution in [0.1, 0.15) is 40.1 Å². The van der Waals surface area contributed by atoms with Gasteiger partial charge in [0.1, 0.15) is 0 Å². The van der Waals surface area contributed by atoms with Crippen LogP contribution in [0, 0.1) is 6.92 Å². The van der Waals surface area contributed by atoms with Gasteiger partial charge in [-0.3, -0.25) is 9.59 Å². The second kappa shape index (κ2) is 9.23. The molecule has 0 radical (unpaired) electrons. The minimum atomic E-state index is -0.285. The molecule has 1 fully saturated rings. The van der Waals surface area contributed by atoms with Gasteiger partial charge in [0, 0.05) is 25.7 Å². The number of carbonyl (C=O) groups is 1. The number of nitrogens with one attached hydrogen (secondary N) is 2. The molecule has 1 aliphatic heterocycles. The second-order valence-corrected chi connectivity index (χ2v) is 7.15. The maximum absolute atomic E-state index is 13.4. The molecule has 1 aliphatic rings. The van der Waals surface area contributed by atoms with Crippen molar-refractivity contribution in [1.29, 1.82) is 0 Å². The van der Waals surface area contributed by atoms with Crippen LogP contribution in [0.2, 0.25) is 0 Å². The van der Waals surface area contributed by atoms with Crippen molar-refractivity contribution in [3.63, 3.8) is 0 Å². The Balaban J connectivity index is 0.00000256. The van der Waals surface area contributed by atoms with E-state index >= 15 is 0 Å². The standard InChI is InChI=1S/C21H24N6O2.ClH/c1-3-15-4-6-16(7-5-15)18-13-22-10-11-26(18)21(29)17-12-23-27(14(17)2)19-8-9-20(28)25-24-19;/h4-9,12,18,22H,3,10-11,13H2,1-2H3,(H,25,28);1H. The summed E-state index contributed by atoms with van der Waals surface area (Å²) in [5.74, 6) is 0.414. The number of aryl methyl sites for hydroxylation is 1. The van der Waals surface area contributed by atoms with Crippen molar-refractivity contribution < 1.29 is 4.79 Å². The van der Waals surface area contributed by atoms with Gasteiger partial charge in [0.15, 0.2) is 5.82 Å². The SMILES string of the molecule is CCc1ccc(C2CNCCN2C(=O)c2cnn(-c3ccc(=O)[nH]n3)c2C)cc1.Cl. The molecule has 1 saturated heterocycles. The number of H-pyrrole nitrogens is 1. The summed E-state index contributed by atoms with van der Waals surface area (Å²) in [7, 11) is 0. The van der Waals surface area contributed by atoms with E-state index in [2.05, 4.69) is 51.8 Å². The van der Waals surface area contributed by atoms with Crippen molar-refractivity contribution in [3.05, 3.63) is 75.3 Å². The number of hydrogen-bond donors (Lipinski definition) is 2. The zero-order valence-corrected chi connectivity index (χ0v) is 17.8. The van der Waals surface area contributed by atoms with E-state index in [0.29, 0.717) is 30.2 Å². The molecule has 4 rings (SSSR count). The third-order valence-corrected chi connectivity index (χ3v) is 5.40. The number of piperazine rings is 1. The monoisotopic (exact) mass is 428 g/mol. The molecule has 9 heteroatoms. The molecule has 1 atom stereocenters. The highest BCUT2D eigenvalue weighted by atomic mass is 35.5. The third-order valence-electron chi connectivity index (χ3n) is 5.40. The van der Waals surface area contributed by atoms with E-state index in [9.17, 15) is 9.59 Å². The Bertz CT molecular complexity index is 1060. The normalized spacial score (nSPS) is 16.2. The van der Waals surface area contributed by atoms with Crippen LogP contribution in [0.5, 0.6) is 0 Å².